The Hall–Kier alpha value is -1.35. The molecule has 1 aromatic carbocycles. The van der Waals surface area contributed by atoms with Crippen LogP contribution in [0.25, 0.3) is 10.9 Å². The smallest absolute Gasteiger partial charge is 0.0706 e. The summed E-state index contributed by atoms with van der Waals surface area (Å²) >= 11 is 0. The van der Waals surface area contributed by atoms with Crippen molar-refractivity contribution in [2.75, 3.05) is 13.1 Å². The lowest BCUT2D eigenvalue weighted by molar-refractivity contribution is 0.365. The molecule has 3 heteroatoms. The van der Waals surface area contributed by atoms with Crippen LogP contribution in [0.3, 0.4) is 0 Å². The molecule has 2 unspecified atom stereocenters. The number of nitrogens with zero attached hydrogens (tertiary/aromatic N) is 2. The van der Waals surface area contributed by atoms with Crippen molar-refractivity contribution in [2.45, 2.75) is 40.7 Å². The van der Waals surface area contributed by atoms with Crippen molar-refractivity contribution in [2.24, 2.45) is 11.8 Å². The van der Waals surface area contributed by atoms with Crippen LogP contribution in [0.1, 0.15) is 33.4 Å². The molecule has 0 fully saturated rings. The number of rotatable bonds is 7. The number of aryl methyl sites for hydroxylation is 1. The predicted octanol–water partition coefficient (Wildman–Crippen LogP) is 3.48. The van der Waals surface area contributed by atoms with E-state index in [-0.39, 0.29) is 0 Å². The molecule has 0 aliphatic rings. The monoisotopic (exact) mass is 273 g/mol. The van der Waals surface area contributed by atoms with Crippen molar-refractivity contribution in [3.05, 3.63) is 30.0 Å². The van der Waals surface area contributed by atoms with Gasteiger partial charge in [-0.3, -0.25) is 4.68 Å². The highest BCUT2D eigenvalue weighted by atomic mass is 15.3. The van der Waals surface area contributed by atoms with Gasteiger partial charge in [0.15, 0.2) is 0 Å². The summed E-state index contributed by atoms with van der Waals surface area (Å²) in [6, 6.07) is 8.57. The Bertz CT molecular complexity index is 544. The van der Waals surface area contributed by atoms with Crippen LogP contribution >= 0.6 is 0 Å². The Kier molecular flexibility index (Phi) is 5.18. The number of aromatic nitrogens is 2. The van der Waals surface area contributed by atoms with Gasteiger partial charge in [0, 0.05) is 11.9 Å². The molecule has 20 heavy (non-hydrogen) atoms. The summed E-state index contributed by atoms with van der Waals surface area (Å²) in [6.45, 7) is 12.0. The normalized spacial score (nSPS) is 14.6. The van der Waals surface area contributed by atoms with E-state index in [0.717, 1.165) is 26.1 Å². The molecule has 110 valence electrons. The SMILES string of the molecule is CCNCC(C)C(C)Cc1nn(CC)c2ccccc12. The number of hydrogen-bond donors (Lipinski definition) is 1. The molecular formula is C17H27N3. The first-order chi connectivity index (χ1) is 9.67. The third-order valence-electron chi connectivity index (χ3n) is 4.24. The Morgan fingerprint density at radius 1 is 1.15 bits per heavy atom. The van der Waals surface area contributed by atoms with Crippen LogP contribution in [-0.4, -0.2) is 22.9 Å². The lowest BCUT2D eigenvalue weighted by Gasteiger charge is -2.19. The quantitative estimate of drug-likeness (QED) is 0.837. The van der Waals surface area contributed by atoms with Gasteiger partial charge in [0.1, 0.15) is 0 Å². The number of benzene rings is 1. The van der Waals surface area contributed by atoms with Crippen LogP contribution in [0.15, 0.2) is 24.3 Å². The summed E-state index contributed by atoms with van der Waals surface area (Å²) in [5.74, 6) is 1.30. The first kappa shape index (κ1) is 15.0. The fourth-order valence-electron chi connectivity index (χ4n) is 2.67. The van der Waals surface area contributed by atoms with Crippen molar-refractivity contribution < 1.29 is 0 Å². The third-order valence-corrected chi connectivity index (χ3v) is 4.24. The lowest BCUT2D eigenvalue weighted by Crippen LogP contribution is -2.26. The molecule has 2 rings (SSSR count). The van der Waals surface area contributed by atoms with Gasteiger partial charge in [-0.2, -0.15) is 5.10 Å². The molecule has 1 aromatic heterocycles. The van der Waals surface area contributed by atoms with Gasteiger partial charge < -0.3 is 5.32 Å². The third kappa shape index (κ3) is 3.21. The van der Waals surface area contributed by atoms with Crippen LogP contribution in [-0.2, 0) is 13.0 Å². The minimum Gasteiger partial charge on any atom is -0.317 e. The van der Waals surface area contributed by atoms with Crippen molar-refractivity contribution in [3.8, 4) is 0 Å². The molecule has 2 aromatic rings. The summed E-state index contributed by atoms with van der Waals surface area (Å²) in [4.78, 5) is 0. The van der Waals surface area contributed by atoms with Gasteiger partial charge in [0.05, 0.1) is 11.2 Å². The summed E-state index contributed by atoms with van der Waals surface area (Å²) in [5, 5.41) is 9.57. The maximum Gasteiger partial charge on any atom is 0.0706 e. The van der Waals surface area contributed by atoms with Crippen LogP contribution in [0.4, 0.5) is 0 Å². The molecule has 1 heterocycles. The molecule has 0 saturated carbocycles. The van der Waals surface area contributed by atoms with Gasteiger partial charge >= 0.3 is 0 Å². The molecule has 1 N–H and O–H groups in total. The number of para-hydroxylation sites is 1. The second kappa shape index (κ2) is 6.89. The Morgan fingerprint density at radius 3 is 2.60 bits per heavy atom. The van der Waals surface area contributed by atoms with Gasteiger partial charge in [-0.1, -0.05) is 39.0 Å². The highest BCUT2D eigenvalue weighted by Crippen LogP contribution is 2.23. The Balaban J connectivity index is 2.17. The fraction of sp³-hybridized carbons (Fsp3) is 0.588. The van der Waals surface area contributed by atoms with E-state index < -0.39 is 0 Å². The number of fused-ring (bicyclic) bond motifs is 1. The van der Waals surface area contributed by atoms with E-state index in [2.05, 4.69) is 62.0 Å². The van der Waals surface area contributed by atoms with Gasteiger partial charge in [-0.15, -0.1) is 0 Å². The molecule has 0 aliphatic heterocycles. The van der Waals surface area contributed by atoms with Crippen LogP contribution in [0.5, 0.6) is 0 Å². The topological polar surface area (TPSA) is 29.9 Å². The minimum absolute atomic E-state index is 0.637. The zero-order valence-corrected chi connectivity index (χ0v) is 13.2. The van der Waals surface area contributed by atoms with Gasteiger partial charge in [-0.05, 0) is 44.3 Å². The van der Waals surface area contributed by atoms with E-state index in [1.165, 1.54) is 16.6 Å². The molecule has 0 aliphatic carbocycles. The Labute approximate surface area is 122 Å². The number of nitrogens with one attached hydrogen (secondary N) is 1. The molecule has 0 spiro atoms. The average Bonchev–Trinajstić information content (AvgIpc) is 2.83. The van der Waals surface area contributed by atoms with E-state index in [0.29, 0.717) is 11.8 Å². The molecule has 0 bridgehead atoms. The van der Waals surface area contributed by atoms with Crippen molar-refractivity contribution >= 4 is 10.9 Å². The second-order valence-electron chi connectivity index (χ2n) is 5.75. The molecule has 0 amide bonds. The van der Waals surface area contributed by atoms with E-state index in [4.69, 9.17) is 5.10 Å². The predicted molar refractivity (Wildman–Crippen MR) is 86.0 cm³/mol. The summed E-state index contributed by atoms with van der Waals surface area (Å²) in [5.41, 5.74) is 2.51. The maximum atomic E-state index is 4.81. The zero-order chi connectivity index (χ0) is 14.5. The van der Waals surface area contributed by atoms with Crippen molar-refractivity contribution in [1.29, 1.82) is 0 Å². The molecule has 3 nitrogen and oxygen atoms in total. The molecule has 0 saturated heterocycles. The first-order valence-electron chi connectivity index (χ1n) is 7.82. The maximum absolute atomic E-state index is 4.81. The lowest BCUT2D eigenvalue weighted by atomic mass is 9.90. The van der Waals surface area contributed by atoms with E-state index in [1.54, 1.807) is 0 Å². The summed E-state index contributed by atoms with van der Waals surface area (Å²) in [7, 11) is 0. The minimum atomic E-state index is 0.637. The van der Waals surface area contributed by atoms with Crippen LogP contribution in [0, 0.1) is 11.8 Å². The highest BCUT2D eigenvalue weighted by Gasteiger charge is 2.16. The largest absolute Gasteiger partial charge is 0.317 e. The first-order valence-corrected chi connectivity index (χ1v) is 7.82. The van der Waals surface area contributed by atoms with E-state index >= 15 is 0 Å². The highest BCUT2D eigenvalue weighted by molar-refractivity contribution is 5.81. The molecular weight excluding hydrogens is 246 g/mol. The van der Waals surface area contributed by atoms with Crippen molar-refractivity contribution in [3.63, 3.8) is 0 Å². The second-order valence-corrected chi connectivity index (χ2v) is 5.75. The molecule has 0 radical (unpaired) electrons. The van der Waals surface area contributed by atoms with Gasteiger partial charge in [0.25, 0.3) is 0 Å². The number of hydrogen-bond acceptors (Lipinski definition) is 2. The average molecular weight is 273 g/mol. The fourth-order valence-corrected chi connectivity index (χ4v) is 2.67. The summed E-state index contributed by atoms with van der Waals surface area (Å²) in [6.07, 6.45) is 1.06. The van der Waals surface area contributed by atoms with Crippen LogP contribution < -0.4 is 5.32 Å². The standard InChI is InChI=1S/C17H27N3/c1-5-18-12-14(4)13(3)11-16-15-9-7-8-10-17(15)20(6-2)19-16/h7-10,13-14,18H,5-6,11-12H2,1-4H3. The molecule has 2 atom stereocenters. The van der Waals surface area contributed by atoms with Crippen LogP contribution in [0.2, 0.25) is 0 Å². The van der Waals surface area contributed by atoms with E-state index in [1.807, 2.05) is 0 Å². The van der Waals surface area contributed by atoms with Gasteiger partial charge in [0.2, 0.25) is 0 Å². The Morgan fingerprint density at radius 2 is 1.90 bits per heavy atom. The van der Waals surface area contributed by atoms with Crippen molar-refractivity contribution in [1.82, 2.24) is 15.1 Å². The van der Waals surface area contributed by atoms with E-state index in [9.17, 15) is 0 Å². The van der Waals surface area contributed by atoms with Gasteiger partial charge in [-0.25, -0.2) is 0 Å². The zero-order valence-electron chi connectivity index (χ0n) is 13.2. The summed E-state index contributed by atoms with van der Waals surface area (Å²) < 4.78 is 2.12.